The minimum Gasteiger partial charge on any atom is -0.336 e. The molecule has 0 spiro atoms. The number of likely N-dealkylation sites (N-methyl/N-ethyl adjacent to an activating group) is 1. The Labute approximate surface area is 102 Å². The standard InChI is InChI=1S/C12H20N4O/c1-4-15-5-7-16(8-6-15)12(17)11-9(2)13-14-10(11)3/h4-8H2,1-3H3,(H,13,14). The van der Waals surface area contributed by atoms with Crippen LogP contribution < -0.4 is 0 Å². The summed E-state index contributed by atoms with van der Waals surface area (Å²) in [7, 11) is 0. The quantitative estimate of drug-likeness (QED) is 0.826. The largest absolute Gasteiger partial charge is 0.336 e. The highest BCUT2D eigenvalue weighted by Crippen LogP contribution is 2.14. The molecule has 0 unspecified atom stereocenters. The Hall–Kier alpha value is -1.36. The van der Waals surface area contributed by atoms with E-state index in [1.807, 2.05) is 18.7 Å². The lowest BCUT2D eigenvalue weighted by atomic mass is 10.1. The normalized spacial score (nSPS) is 17.5. The number of amides is 1. The molecule has 2 rings (SSSR count). The van der Waals surface area contributed by atoms with Crippen molar-refractivity contribution in [1.82, 2.24) is 20.0 Å². The van der Waals surface area contributed by atoms with Gasteiger partial charge in [0, 0.05) is 31.9 Å². The molecular weight excluding hydrogens is 216 g/mol. The van der Waals surface area contributed by atoms with Gasteiger partial charge in [0.05, 0.1) is 11.3 Å². The average molecular weight is 236 g/mol. The SMILES string of the molecule is CCN1CCN(C(=O)c2c(C)n[nH]c2C)CC1. The average Bonchev–Trinajstić information content (AvgIpc) is 2.68. The van der Waals surface area contributed by atoms with Crippen LogP contribution >= 0.6 is 0 Å². The van der Waals surface area contributed by atoms with Gasteiger partial charge in [-0.25, -0.2) is 0 Å². The first kappa shape index (κ1) is 12.1. The van der Waals surface area contributed by atoms with Crippen LogP contribution in [-0.2, 0) is 0 Å². The third-order valence-electron chi connectivity index (χ3n) is 3.45. The summed E-state index contributed by atoms with van der Waals surface area (Å²) in [5, 5.41) is 6.95. The van der Waals surface area contributed by atoms with Crippen molar-refractivity contribution in [2.24, 2.45) is 0 Å². The molecule has 1 aliphatic rings. The molecule has 1 aliphatic heterocycles. The minimum absolute atomic E-state index is 0.115. The predicted molar refractivity (Wildman–Crippen MR) is 66.1 cm³/mol. The molecule has 1 fully saturated rings. The summed E-state index contributed by atoms with van der Waals surface area (Å²) < 4.78 is 0. The van der Waals surface area contributed by atoms with Crippen LogP contribution in [0, 0.1) is 13.8 Å². The van der Waals surface area contributed by atoms with E-state index >= 15 is 0 Å². The second-order valence-electron chi connectivity index (χ2n) is 4.54. The van der Waals surface area contributed by atoms with Gasteiger partial charge in [0.15, 0.2) is 0 Å². The molecule has 1 saturated heterocycles. The summed E-state index contributed by atoms with van der Waals surface area (Å²) in [6.45, 7) is 10.6. The Morgan fingerprint density at radius 1 is 1.29 bits per heavy atom. The maximum atomic E-state index is 12.3. The summed E-state index contributed by atoms with van der Waals surface area (Å²) >= 11 is 0. The molecule has 2 heterocycles. The molecule has 0 radical (unpaired) electrons. The molecule has 1 amide bonds. The van der Waals surface area contributed by atoms with Gasteiger partial charge in [-0.15, -0.1) is 0 Å². The maximum Gasteiger partial charge on any atom is 0.257 e. The zero-order valence-electron chi connectivity index (χ0n) is 10.8. The monoisotopic (exact) mass is 236 g/mol. The lowest BCUT2D eigenvalue weighted by Crippen LogP contribution is -2.48. The first-order valence-electron chi connectivity index (χ1n) is 6.16. The number of nitrogens with one attached hydrogen (secondary N) is 1. The van der Waals surface area contributed by atoms with Crippen LogP contribution in [0.25, 0.3) is 0 Å². The van der Waals surface area contributed by atoms with Gasteiger partial charge in [-0.05, 0) is 20.4 Å². The number of nitrogens with zero attached hydrogens (tertiary/aromatic N) is 3. The van der Waals surface area contributed by atoms with Crippen molar-refractivity contribution in [1.29, 1.82) is 0 Å². The summed E-state index contributed by atoms with van der Waals surface area (Å²) in [5.74, 6) is 0.115. The van der Waals surface area contributed by atoms with Gasteiger partial charge in [-0.1, -0.05) is 6.92 Å². The second-order valence-corrected chi connectivity index (χ2v) is 4.54. The number of piperazine rings is 1. The topological polar surface area (TPSA) is 52.2 Å². The number of hydrogen-bond acceptors (Lipinski definition) is 3. The summed E-state index contributed by atoms with van der Waals surface area (Å²) in [5.41, 5.74) is 2.41. The predicted octanol–water partition coefficient (Wildman–Crippen LogP) is 0.804. The number of carbonyl (C=O) groups excluding carboxylic acids is 1. The molecule has 0 aromatic carbocycles. The van der Waals surface area contributed by atoms with Gasteiger partial charge in [0.1, 0.15) is 0 Å². The summed E-state index contributed by atoms with van der Waals surface area (Å²) in [6.07, 6.45) is 0. The van der Waals surface area contributed by atoms with Gasteiger partial charge >= 0.3 is 0 Å². The first-order chi connectivity index (χ1) is 8.13. The van der Waals surface area contributed by atoms with Crippen molar-refractivity contribution in [3.63, 3.8) is 0 Å². The van der Waals surface area contributed by atoms with Crippen LogP contribution in [-0.4, -0.2) is 58.6 Å². The molecular formula is C12H20N4O. The van der Waals surface area contributed by atoms with Gasteiger partial charge in [0.2, 0.25) is 0 Å². The van der Waals surface area contributed by atoms with Crippen LogP contribution in [0.3, 0.4) is 0 Å². The van der Waals surface area contributed by atoms with Crippen LogP contribution in [0.5, 0.6) is 0 Å². The number of rotatable bonds is 2. The van der Waals surface area contributed by atoms with Crippen LogP contribution in [0.2, 0.25) is 0 Å². The van der Waals surface area contributed by atoms with E-state index in [-0.39, 0.29) is 5.91 Å². The molecule has 0 aliphatic carbocycles. The van der Waals surface area contributed by atoms with Crippen molar-refractivity contribution in [3.05, 3.63) is 17.0 Å². The lowest BCUT2D eigenvalue weighted by Gasteiger charge is -2.34. The highest BCUT2D eigenvalue weighted by atomic mass is 16.2. The fraction of sp³-hybridized carbons (Fsp3) is 0.667. The van der Waals surface area contributed by atoms with E-state index in [0.717, 1.165) is 49.7 Å². The minimum atomic E-state index is 0.115. The molecule has 1 aromatic rings. The Balaban J connectivity index is 2.07. The van der Waals surface area contributed by atoms with Crippen LogP contribution in [0.4, 0.5) is 0 Å². The second kappa shape index (κ2) is 4.87. The Kier molecular flexibility index (Phi) is 3.47. The third-order valence-corrected chi connectivity index (χ3v) is 3.45. The molecule has 5 nitrogen and oxygen atoms in total. The van der Waals surface area contributed by atoms with Gasteiger partial charge in [-0.3, -0.25) is 9.89 Å². The van der Waals surface area contributed by atoms with Gasteiger partial charge in [0.25, 0.3) is 5.91 Å². The Bertz CT molecular complexity index is 385. The molecule has 94 valence electrons. The third kappa shape index (κ3) is 2.34. The highest BCUT2D eigenvalue weighted by Gasteiger charge is 2.24. The molecule has 17 heavy (non-hydrogen) atoms. The highest BCUT2D eigenvalue weighted by molar-refractivity contribution is 5.96. The molecule has 1 N–H and O–H groups in total. The van der Waals surface area contributed by atoms with Crippen LogP contribution in [0.1, 0.15) is 28.7 Å². The first-order valence-corrected chi connectivity index (χ1v) is 6.16. The van der Waals surface area contributed by atoms with E-state index in [0.29, 0.717) is 0 Å². The van der Waals surface area contributed by atoms with Crippen molar-refractivity contribution in [2.45, 2.75) is 20.8 Å². The van der Waals surface area contributed by atoms with E-state index in [1.165, 1.54) is 0 Å². The Morgan fingerprint density at radius 2 is 1.94 bits per heavy atom. The fourth-order valence-corrected chi connectivity index (χ4v) is 2.29. The maximum absolute atomic E-state index is 12.3. The van der Waals surface area contributed by atoms with Crippen LogP contribution in [0.15, 0.2) is 0 Å². The summed E-state index contributed by atoms with van der Waals surface area (Å²) in [4.78, 5) is 16.6. The van der Waals surface area contributed by atoms with E-state index in [1.54, 1.807) is 0 Å². The van der Waals surface area contributed by atoms with Crippen molar-refractivity contribution < 1.29 is 4.79 Å². The van der Waals surface area contributed by atoms with Gasteiger partial charge in [-0.2, -0.15) is 5.10 Å². The fourth-order valence-electron chi connectivity index (χ4n) is 2.29. The smallest absolute Gasteiger partial charge is 0.257 e. The van der Waals surface area contributed by atoms with Crippen molar-refractivity contribution in [3.8, 4) is 0 Å². The van der Waals surface area contributed by atoms with Crippen molar-refractivity contribution >= 4 is 5.91 Å². The number of aromatic nitrogens is 2. The number of hydrogen-bond donors (Lipinski definition) is 1. The van der Waals surface area contributed by atoms with Gasteiger partial charge < -0.3 is 9.80 Å². The molecule has 0 saturated carbocycles. The molecule has 1 aromatic heterocycles. The molecule has 0 bridgehead atoms. The molecule has 0 atom stereocenters. The van der Waals surface area contributed by atoms with E-state index in [2.05, 4.69) is 22.0 Å². The molecule has 5 heteroatoms. The van der Waals surface area contributed by atoms with E-state index in [9.17, 15) is 4.79 Å². The zero-order valence-corrected chi connectivity index (χ0v) is 10.8. The summed E-state index contributed by atoms with van der Waals surface area (Å²) in [6, 6.07) is 0. The van der Waals surface area contributed by atoms with Crippen molar-refractivity contribution in [2.75, 3.05) is 32.7 Å². The number of H-pyrrole nitrogens is 1. The number of carbonyl (C=O) groups is 1. The number of aryl methyl sites for hydroxylation is 2. The lowest BCUT2D eigenvalue weighted by molar-refractivity contribution is 0.0642. The van der Waals surface area contributed by atoms with E-state index < -0.39 is 0 Å². The Morgan fingerprint density at radius 3 is 2.41 bits per heavy atom. The zero-order chi connectivity index (χ0) is 12.4. The number of aromatic amines is 1. The van der Waals surface area contributed by atoms with E-state index in [4.69, 9.17) is 0 Å².